The first-order chi connectivity index (χ1) is 4.88. The van der Waals surface area contributed by atoms with E-state index in [4.69, 9.17) is 0 Å². The van der Waals surface area contributed by atoms with E-state index in [1.807, 2.05) is 0 Å². The topological polar surface area (TPSA) is 12.0 Å². The van der Waals surface area contributed by atoms with E-state index in [0.717, 1.165) is 32.4 Å². The molecule has 0 radical (unpaired) electrons. The minimum atomic E-state index is -0.491. The third kappa shape index (κ3) is 2.06. The van der Waals surface area contributed by atoms with Crippen molar-refractivity contribution in [3.63, 3.8) is 0 Å². The van der Waals surface area contributed by atoms with Gasteiger partial charge in [-0.2, -0.15) is 0 Å². The summed E-state index contributed by atoms with van der Waals surface area (Å²) in [5.41, 5.74) is 0. The third-order valence-electron chi connectivity index (χ3n) is 2.62. The summed E-state index contributed by atoms with van der Waals surface area (Å²) in [5.74, 6) is 0.775. The zero-order valence-corrected chi connectivity index (χ0v) is 7.37. The largest absolute Gasteiger partial charge is 0.316 e. The molecule has 2 fully saturated rings. The normalized spacial score (nSPS) is 33.0. The SMILES string of the molecule is Cl.FC(C1CC1)C1CCNC1. The van der Waals surface area contributed by atoms with Gasteiger partial charge in [0.25, 0.3) is 0 Å². The van der Waals surface area contributed by atoms with Crippen molar-refractivity contribution in [2.45, 2.75) is 25.4 Å². The van der Waals surface area contributed by atoms with E-state index in [1.54, 1.807) is 0 Å². The highest BCUT2D eigenvalue weighted by Crippen LogP contribution is 2.39. The van der Waals surface area contributed by atoms with Gasteiger partial charge in [-0.3, -0.25) is 0 Å². The van der Waals surface area contributed by atoms with Crippen molar-refractivity contribution in [3.8, 4) is 0 Å². The minimum Gasteiger partial charge on any atom is -0.316 e. The van der Waals surface area contributed by atoms with Gasteiger partial charge in [0.15, 0.2) is 0 Å². The summed E-state index contributed by atoms with van der Waals surface area (Å²) >= 11 is 0. The molecule has 2 aliphatic rings. The van der Waals surface area contributed by atoms with Crippen LogP contribution in [0.5, 0.6) is 0 Å². The maximum atomic E-state index is 13.3. The molecular weight excluding hydrogens is 165 g/mol. The predicted octanol–water partition coefficient (Wildman–Crippen LogP) is 1.77. The van der Waals surface area contributed by atoms with E-state index in [-0.39, 0.29) is 12.4 Å². The van der Waals surface area contributed by atoms with Gasteiger partial charge < -0.3 is 5.32 Å². The van der Waals surface area contributed by atoms with Gasteiger partial charge in [-0.25, -0.2) is 4.39 Å². The Labute approximate surface area is 73.2 Å². The van der Waals surface area contributed by atoms with Crippen LogP contribution in [-0.4, -0.2) is 19.3 Å². The summed E-state index contributed by atoms with van der Waals surface area (Å²) < 4.78 is 13.3. The summed E-state index contributed by atoms with van der Waals surface area (Å²) in [6.45, 7) is 1.94. The predicted molar refractivity (Wildman–Crippen MR) is 45.8 cm³/mol. The van der Waals surface area contributed by atoms with Crippen LogP contribution in [0.4, 0.5) is 4.39 Å². The zero-order valence-electron chi connectivity index (χ0n) is 6.55. The van der Waals surface area contributed by atoms with Crippen LogP contribution >= 0.6 is 12.4 Å². The van der Waals surface area contributed by atoms with Crippen molar-refractivity contribution in [1.29, 1.82) is 0 Å². The smallest absolute Gasteiger partial charge is 0.107 e. The highest BCUT2D eigenvalue weighted by Gasteiger charge is 2.37. The second-order valence-electron chi connectivity index (χ2n) is 3.53. The van der Waals surface area contributed by atoms with Crippen LogP contribution in [0.3, 0.4) is 0 Å². The molecular formula is C8H15ClFN. The number of hydrogen-bond acceptors (Lipinski definition) is 1. The van der Waals surface area contributed by atoms with E-state index >= 15 is 0 Å². The minimum absolute atomic E-state index is 0. The van der Waals surface area contributed by atoms with Gasteiger partial charge >= 0.3 is 0 Å². The molecule has 0 bridgehead atoms. The van der Waals surface area contributed by atoms with Gasteiger partial charge in [-0.15, -0.1) is 12.4 Å². The molecule has 1 saturated carbocycles. The number of halogens is 2. The second kappa shape index (κ2) is 3.72. The Morgan fingerprint density at radius 2 is 1.91 bits per heavy atom. The molecule has 66 valence electrons. The van der Waals surface area contributed by atoms with Crippen molar-refractivity contribution in [3.05, 3.63) is 0 Å². The van der Waals surface area contributed by atoms with E-state index in [0.29, 0.717) is 11.8 Å². The molecule has 1 N–H and O–H groups in total. The Balaban J connectivity index is 0.000000605. The molecule has 0 spiro atoms. The fraction of sp³-hybridized carbons (Fsp3) is 1.00. The fourth-order valence-electron chi connectivity index (χ4n) is 1.75. The lowest BCUT2D eigenvalue weighted by Crippen LogP contribution is -2.20. The van der Waals surface area contributed by atoms with Crippen LogP contribution in [0.25, 0.3) is 0 Å². The first-order valence-electron chi connectivity index (χ1n) is 4.22. The summed E-state index contributed by atoms with van der Waals surface area (Å²) in [6.07, 6.45) is 2.84. The highest BCUT2D eigenvalue weighted by atomic mass is 35.5. The van der Waals surface area contributed by atoms with Crippen molar-refractivity contribution in [2.24, 2.45) is 11.8 Å². The Hall–Kier alpha value is 0.180. The Morgan fingerprint density at radius 3 is 2.36 bits per heavy atom. The molecule has 3 heteroatoms. The molecule has 1 aliphatic heterocycles. The molecule has 0 amide bonds. The summed E-state index contributed by atoms with van der Waals surface area (Å²) in [7, 11) is 0. The zero-order chi connectivity index (χ0) is 6.97. The van der Waals surface area contributed by atoms with Crippen molar-refractivity contribution in [1.82, 2.24) is 5.32 Å². The Morgan fingerprint density at radius 1 is 1.18 bits per heavy atom. The van der Waals surface area contributed by atoms with Crippen LogP contribution in [0.2, 0.25) is 0 Å². The monoisotopic (exact) mass is 179 g/mol. The van der Waals surface area contributed by atoms with Crippen molar-refractivity contribution in [2.75, 3.05) is 13.1 Å². The van der Waals surface area contributed by atoms with Crippen molar-refractivity contribution >= 4 is 12.4 Å². The van der Waals surface area contributed by atoms with E-state index in [1.165, 1.54) is 0 Å². The second-order valence-corrected chi connectivity index (χ2v) is 3.53. The highest BCUT2D eigenvalue weighted by molar-refractivity contribution is 5.85. The van der Waals surface area contributed by atoms with Gasteiger partial charge in [-0.05, 0) is 31.7 Å². The van der Waals surface area contributed by atoms with Crippen LogP contribution in [0.15, 0.2) is 0 Å². The maximum absolute atomic E-state index is 13.3. The molecule has 0 aromatic rings. The molecule has 11 heavy (non-hydrogen) atoms. The maximum Gasteiger partial charge on any atom is 0.107 e. The number of nitrogens with one attached hydrogen (secondary N) is 1. The van der Waals surface area contributed by atoms with E-state index in [9.17, 15) is 4.39 Å². The van der Waals surface area contributed by atoms with Gasteiger partial charge in [0.2, 0.25) is 0 Å². The van der Waals surface area contributed by atoms with Crippen LogP contribution in [0, 0.1) is 11.8 Å². The fourth-order valence-corrected chi connectivity index (χ4v) is 1.75. The number of hydrogen-bond donors (Lipinski definition) is 1. The quantitative estimate of drug-likeness (QED) is 0.682. The molecule has 0 aromatic heterocycles. The summed E-state index contributed by atoms with van der Waals surface area (Å²) in [5, 5.41) is 3.20. The average molecular weight is 180 g/mol. The summed E-state index contributed by atoms with van der Waals surface area (Å²) in [4.78, 5) is 0. The molecule has 1 aliphatic carbocycles. The van der Waals surface area contributed by atoms with Crippen LogP contribution < -0.4 is 5.32 Å². The lowest BCUT2D eigenvalue weighted by Gasteiger charge is -2.12. The molecule has 2 unspecified atom stereocenters. The lowest BCUT2D eigenvalue weighted by molar-refractivity contribution is 0.212. The van der Waals surface area contributed by atoms with Gasteiger partial charge in [0, 0.05) is 12.5 Å². The number of alkyl halides is 1. The van der Waals surface area contributed by atoms with Gasteiger partial charge in [0.1, 0.15) is 6.17 Å². The van der Waals surface area contributed by atoms with E-state index in [2.05, 4.69) is 5.32 Å². The third-order valence-corrected chi connectivity index (χ3v) is 2.62. The van der Waals surface area contributed by atoms with Crippen LogP contribution in [0.1, 0.15) is 19.3 Å². The van der Waals surface area contributed by atoms with Crippen LogP contribution in [-0.2, 0) is 0 Å². The van der Waals surface area contributed by atoms with Crippen molar-refractivity contribution < 1.29 is 4.39 Å². The lowest BCUT2D eigenvalue weighted by atomic mass is 9.99. The number of rotatable bonds is 2. The van der Waals surface area contributed by atoms with E-state index < -0.39 is 6.17 Å². The molecule has 1 nitrogen and oxygen atoms in total. The molecule has 1 saturated heterocycles. The molecule has 2 atom stereocenters. The Bertz CT molecular complexity index is 121. The first-order valence-corrected chi connectivity index (χ1v) is 4.22. The Kier molecular flexibility index (Phi) is 3.14. The first kappa shape index (κ1) is 9.27. The standard InChI is InChI=1S/C8H14FN.ClH/c9-8(6-1-2-6)7-3-4-10-5-7;/h6-8,10H,1-5H2;1H. The van der Waals surface area contributed by atoms with Gasteiger partial charge in [0.05, 0.1) is 0 Å². The molecule has 0 aromatic carbocycles. The molecule has 2 rings (SSSR count). The van der Waals surface area contributed by atoms with Gasteiger partial charge in [-0.1, -0.05) is 0 Å². The molecule has 1 heterocycles. The summed E-state index contributed by atoms with van der Waals surface area (Å²) in [6, 6.07) is 0. The average Bonchev–Trinajstić information content (AvgIpc) is 2.65.